The smallest absolute Gasteiger partial charge is 0.274 e. The topological polar surface area (TPSA) is 72.2 Å². The van der Waals surface area contributed by atoms with Gasteiger partial charge in [-0.3, -0.25) is 14.9 Å². The highest BCUT2D eigenvalue weighted by atomic mass is 79.9. The molecule has 0 atom stereocenters. The first-order valence-electron chi connectivity index (χ1n) is 5.96. The number of nitro benzene ring substituents is 1. The van der Waals surface area contributed by atoms with Gasteiger partial charge in [0.15, 0.2) is 0 Å². The van der Waals surface area contributed by atoms with Crippen molar-refractivity contribution < 1.29 is 9.72 Å². The van der Waals surface area contributed by atoms with Gasteiger partial charge in [-0.15, -0.1) is 11.3 Å². The molecule has 21 heavy (non-hydrogen) atoms. The number of nitrogens with one attached hydrogen (secondary N) is 1. The van der Waals surface area contributed by atoms with E-state index in [2.05, 4.69) is 37.2 Å². The lowest BCUT2D eigenvalue weighted by molar-refractivity contribution is -0.385. The Morgan fingerprint density at radius 2 is 2.10 bits per heavy atom. The number of aryl methyl sites for hydroxylation is 1. The van der Waals surface area contributed by atoms with Gasteiger partial charge in [0.2, 0.25) is 0 Å². The number of thiophene rings is 1. The Morgan fingerprint density at radius 1 is 1.38 bits per heavy atom. The first kappa shape index (κ1) is 16.1. The Kier molecular flexibility index (Phi) is 5.13. The molecule has 1 amide bonds. The third-order valence-electron chi connectivity index (χ3n) is 2.79. The molecule has 5 nitrogen and oxygen atoms in total. The maximum Gasteiger partial charge on any atom is 0.274 e. The van der Waals surface area contributed by atoms with E-state index in [0.717, 1.165) is 8.26 Å². The van der Waals surface area contributed by atoms with Crippen LogP contribution in [0.4, 0.5) is 11.4 Å². The van der Waals surface area contributed by atoms with Crippen LogP contribution in [0.2, 0.25) is 0 Å². The molecule has 0 saturated carbocycles. The van der Waals surface area contributed by atoms with Gasteiger partial charge in [0, 0.05) is 21.8 Å². The predicted octanol–water partition coefficient (Wildman–Crippen LogP) is 5.00. The molecule has 1 aromatic carbocycles. The Labute approximate surface area is 141 Å². The van der Waals surface area contributed by atoms with E-state index >= 15 is 0 Å². The second-order valence-electron chi connectivity index (χ2n) is 4.14. The number of amides is 1. The first-order valence-corrected chi connectivity index (χ1v) is 8.36. The van der Waals surface area contributed by atoms with Crippen molar-refractivity contribution in [1.82, 2.24) is 0 Å². The summed E-state index contributed by atoms with van der Waals surface area (Å²) >= 11 is 7.92. The third-order valence-corrected chi connectivity index (χ3v) is 6.04. The molecule has 0 radical (unpaired) electrons. The highest BCUT2D eigenvalue weighted by Gasteiger charge is 2.16. The minimum absolute atomic E-state index is 0.0174. The summed E-state index contributed by atoms with van der Waals surface area (Å²) < 4.78 is 1.62. The van der Waals surface area contributed by atoms with Crippen molar-refractivity contribution in [2.75, 3.05) is 5.32 Å². The SMILES string of the molecule is CCc1ccc(NC(=O)c2cc(Br)c(Br)s2)cc1[N+](=O)[O-]. The van der Waals surface area contributed by atoms with Gasteiger partial charge < -0.3 is 5.32 Å². The Balaban J connectivity index is 2.25. The van der Waals surface area contributed by atoms with Crippen LogP contribution in [-0.2, 0) is 6.42 Å². The van der Waals surface area contributed by atoms with Crippen LogP contribution in [0, 0.1) is 10.1 Å². The summed E-state index contributed by atoms with van der Waals surface area (Å²) in [6.45, 7) is 1.85. The molecule has 1 aromatic heterocycles. The molecular weight excluding hydrogens is 424 g/mol. The number of nitro groups is 1. The van der Waals surface area contributed by atoms with E-state index in [-0.39, 0.29) is 11.6 Å². The van der Waals surface area contributed by atoms with Gasteiger partial charge in [-0.2, -0.15) is 0 Å². The molecule has 0 saturated heterocycles. The van der Waals surface area contributed by atoms with E-state index in [1.807, 2.05) is 6.92 Å². The highest BCUT2D eigenvalue weighted by Crippen LogP contribution is 2.33. The van der Waals surface area contributed by atoms with Gasteiger partial charge in [-0.1, -0.05) is 13.0 Å². The van der Waals surface area contributed by atoms with E-state index in [4.69, 9.17) is 0 Å². The van der Waals surface area contributed by atoms with E-state index in [1.165, 1.54) is 17.4 Å². The molecule has 110 valence electrons. The minimum Gasteiger partial charge on any atom is -0.321 e. The fourth-order valence-corrected chi connectivity index (χ4v) is 3.69. The summed E-state index contributed by atoms with van der Waals surface area (Å²) in [5.41, 5.74) is 1.06. The van der Waals surface area contributed by atoms with Crippen LogP contribution in [-0.4, -0.2) is 10.8 Å². The number of nitrogens with zero attached hydrogens (tertiary/aromatic N) is 1. The molecule has 0 aliphatic rings. The molecule has 0 fully saturated rings. The molecule has 0 spiro atoms. The van der Waals surface area contributed by atoms with Gasteiger partial charge in [0.25, 0.3) is 11.6 Å². The Morgan fingerprint density at radius 3 is 2.62 bits per heavy atom. The molecule has 0 aliphatic carbocycles. The standard InChI is InChI=1S/C13H10Br2N2O3S/c1-2-7-3-4-8(5-10(7)17(19)20)16-13(18)11-6-9(14)12(15)21-11/h3-6H,2H2,1H3,(H,16,18). The van der Waals surface area contributed by atoms with Gasteiger partial charge >= 0.3 is 0 Å². The summed E-state index contributed by atoms with van der Waals surface area (Å²) in [5.74, 6) is -0.301. The van der Waals surface area contributed by atoms with Gasteiger partial charge in [0.1, 0.15) is 0 Å². The maximum absolute atomic E-state index is 12.1. The number of benzene rings is 1. The summed E-state index contributed by atoms with van der Waals surface area (Å²) in [7, 11) is 0. The number of anilines is 1. The van der Waals surface area contributed by atoms with Crippen LogP contribution in [0.3, 0.4) is 0 Å². The van der Waals surface area contributed by atoms with Crippen LogP contribution < -0.4 is 5.32 Å². The zero-order chi connectivity index (χ0) is 15.6. The summed E-state index contributed by atoms with van der Waals surface area (Å²) in [6, 6.07) is 6.41. The van der Waals surface area contributed by atoms with Crippen molar-refractivity contribution in [2.24, 2.45) is 0 Å². The number of rotatable bonds is 4. The number of carbonyl (C=O) groups is 1. The summed E-state index contributed by atoms with van der Waals surface area (Å²) in [4.78, 5) is 23.2. The number of halogens is 2. The third kappa shape index (κ3) is 3.69. The second kappa shape index (κ2) is 6.67. The Hall–Kier alpha value is -1.25. The zero-order valence-corrected chi connectivity index (χ0v) is 14.8. The van der Waals surface area contributed by atoms with Crippen molar-refractivity contribution in [3.63, 3.8) is 0 Å². The molecular formula is C13H10Br2N2O3S. The average Bonchev–Trinajstić information content (AvgIpc) is 2.78. The normalized spacial score (nSPS) is 10.4. The predicted molar refractivity (Wildman–Crippen MR) is 90.1 cm³/mol. The fourth-order valence-electron chi connectivity index (χ4n) is 1.76. The lowest BCUT2D eigenvalue weighted by Gasteiger charge is -2.05. The molecule has 0 aliphatic heterocycles. The maximum atomic E-state index is 12.1. The molecule has 1 heterocycles. The number of carbonyl (C=O) groups excluding carboxylic acids is 1. The van der Waals surface area contributed by atoms with Crippen molar-refractivity contribution in [3.8, 4) is 0 Å². The van der Waals surface area contributed by atoms with Crippen molar-refractivity contribution in [1.29, 1.82) is 0 Å². The monoisotopic (exact) mass is 432 g/mol. The fraction of sp³-hybridized carbons (Fsp3) is 0.154. The van der Waals surface area contributed by atoms with Crippen molar-refractivity contribution in [3.05, 3.63) is 53.1 Å². The van der Waals surface area contributed by atoms with E-state index < -0.39 is 4.92 Å². The molecule has 2 aromatic rings. The number of hydrogen-bond acceptors (Lipinski definition) is 4. The molecule has 2 rings (SSSR count). The second-order valence-corrected chi connectivity index (χ2v) is 7.37. The number of hydrogen-bond donors (Lipinski definition) is 1. The molecule has 0 unspecified atom stereocenters. The van der Waals surface area contributed by atoms with Gasteiger partial charge in [0.05, 0.1) is 13.6 Å². The van der Waals surface area contributed by atoms with Gasteiger partial charge in [-0.05, 0) is 50.4 Å². The highest BCUT2D eigenvalue weighted by molar-refractivity contribution is 9.13. The van der Waals surface area contributed by atoms with Crippen LogP contribution >= 0.6 is 43.2 Å². The zero-order valence-electron chi connectivity index (χ0n) is 10.9. The molecule has 1 N–H and O–H groups in total. The van der Waals surface area contributed by atoms with E-state index in [0.29, 0.717) is 22.5 Å². The largest absolute Gasteiger partial charge is 0.321 e. The lowest BCUT2D eigenvalue weighted by atomic mass is 10.1. The van der Waals surface area contributed by atoms with E-state index in [1.54, 1.807) is 18.2 Å². The van der Waals surface area contributed by atoms with E-state index in [9.17, 15) is 14.9 Å². The minimum atomic E-state index is -0.438. The lowest BCUT2D eigenvalue weighted by Crippen LogP contribution is -2.10. The van der Waals surface area contributed by atoms with Crippen molar-refractivity contribution in [2.45, 2.75) is 13.3 Å². The molecule has 0 bridgehead atoms. The van der Waals surface area contributed by atoms with Gasteiger partial charge in [-0.25, -0.2) is 0 Å². The van der Waals surface area contributed by atoms with Crippen LogP contribution in [0.1, 0.15) is 22.2 Å². The molecule has 8 heteroatoms. The first-order chi connectivity index (χ1) is 9.92. The van der Waals surface area contributed by atoms with Crippen molar-refractivity contribution >= 4 is 60.5 Å². The summed E-state index contributed by atoms with van der Waals surface area (Å²) in [5, 5.41) is 13.7. The Bertz CT molecular complexity index is 696. The van der Waals surface area contributed by atoms with Crippen LogP contribution in [0.15, 0.2) is 32.5 Å². The average molecular weight is 434 g/mol. The quantitative estimate of drug-likeness (QED) is 0.544. The summed E-state index contributed by atoms with van der Waals surface area (Å²) in [6.07, 6.45) is 0.565. The van der Waals surface area contributed by atoms with Crippen LogP contribution in [0.5, 0.6) is 0 Å². The van der Waals surface area contributed by atoms with Crippen LogP contribution in [0.25, 0.3) is 0 Å².